The minimum absolute atomic E-state index is 0.780. The van der Waals surface area contributed by atoms with E-state index in [1.165, 1.54) is 13.1 Å². The van der Waals surface area contributed by atoms with Gasteiger partial charge in [0.05, 0.1) is 0 Å². The smallest absolute Gasteiger partial charge is 0.00585 e. The zero-order valence-corrected chi connectivity index (χ0v) is 10.8. The second-order valence-electron chi connectivity index (χ2n) is 7.54. The van der Waals surface area contributed by atoms with Gasteiger partial charge in [-0.1, -0.05) is 0 Å². The van der Waals surface area contributed by atoms with E-state index in [4.69, 9.17) is 0 Å². The molecule has 4 bridgehead atoms. The second kappa shape index (κ2) is 3.04. The van der Waals surface area contributed by atoms with Crippen molar-refractivity contribution in [3.05, 3.63) is 0 Å². The van der Waals surface area contributed by atoms with Gasteiger partial charge < -0.3 is 0 Å². The van der Waals surface area contributed by atoms with E-state index in [1.807, 2.05) is 0 Å². The first-order valence-corrected chi connectivity index (χ1v) is 7.41. The Balaban J connectivity index is 1.58. The Bertz CT molecular complexity index is 271. The highest BCUT2D eigenvalue weighted by Crippen LogP contribution is 2.65. The largest absolute Gasteiger partial charge is 0.300 e. The van der Waals surface area contributed by atoms with Gasteiger partial charge in [-0.25, -0.2) is 0 Å². The van der Waals surface area contributed by atoms with E-state index >= 15 is 0 Å². The van der Waals surface area contributed by atoms with Gasteiger partial charge in [0.1, 0.15) is 0 Å². The van der Waals surface area contributed by atoms with E-state index in [-0.39, 0.29) is 0 Å². The van der Waals surface area contributed by atoms with E-state index < -0.39 is 0 Å². The third-order valence-corrected chi connectivity index (χ3v) is 6.49. The highest BCUT2D eigenvalue weighted by molar-refractivity contribution is 5.12. The Morgan fingerprint density at radius 3 is 1.81 bits per heavy atom. The van der Waals surface area contributed by atoms with Gasteiger partial charge in [0.15, 0.2) is 0 Å². The van der Waals surface area contributed by atoms with Crippen LogP contribution >= 0.6 is 0 Å². The summed E-state index contributed by atoms with van der Waals surface area (Å²) in [5.74, 6) is 4.53. The minimum atomic E-state index is 0.780. The molecule has 0 aromatic carbocycles. The van der Waals surface area contributed by atoms with Crippen molar-refractivity contribution in [2.24, 2.45) is 29.1 Å². The molecule has 1 heterocycles. The fourth-order valence-corrected chi connectivity index (χ4v) is 5.71. The third-order valence-electron chi connectivity index (χ3n) is 6.49. The highest BCUT2D eigenvalue weighted by Gasteiger charge is 2.61. The first-order valence-electron chi connectivity index (χ1n) is 7.41. The van der Waals surface area contributed by atoms with Crippen LogP contribution in [0.3, 0.4) is 0 Å². The molecule has 5 rings (SSSR count). The van der Waals surface area contributed by atoms with Crippen LogP contribution in [-0.4, -0.2) is 24.0 Å². The summed E-state index contributed by atoms with van der Waals surface area (Å²) in [6, 6.07) is 0.780. The molecule has 0 N–H and O–H groups in total. The number of nitrogens with zero attached hydrogens (tertiary/aromatic N) is 1. The predicted octanol–water partition coefficient (Wildman–Crippen LogP) is 3.15. The second-order valence-corrected chi connectivity index (χ2v) is 7.54. The summed E-state index contributed by atoms with van der Waals surface area (Å²) in [7, 11) is 0. The van der Waals surface area contributed by atoms with Crippen LogP contribution in [-0.2, 0) is 0 Å². The standard InChI is InChI=1S/C15H25N/c1-10(2)16-8-15(9-16)13-4-11-3-12(6-13)7-14(15)5-11/h10-14H,3-9H2,1-2H3. The number of hydrogen-bond donors (Lipinski definition) is 0. The summed E-state index contributed by atoms with van der Waals surface area (Å²) in [4.78, 5) is 2.71. The van der Waals surface area contributed by atoms with Gasteiger partial charge in [0.25, 0.3) is 0 Å². The van der Waals surface area contributed by atoms with Crippen molar-refractivity contribution in [2.75, 3.05) is 13.1 Å². The molecule has 16 heavy (non-hydrogen) atoms. The van der Waals surface area contributed by atoms with E-state index in [1.54, 1.807) is 32.1 Å². The molecule has 0 aromatic heterocycles. The molecular formula is C15H25N. The Morgan fingerprint density at radius 1 is 0.875 bits per heavy atom. The molecule has 4 aliphatic carbocycles. The zero-order valence-electron chi connectivity index (χ0n) is 10.8. The number of hydrogen-bond acceptors (Lipinski definition) is 1. The first kappa shape index (κ1) is 9.94. The third kappa shape index (κ3) is 1.11. The molecule has 0 radical (unpaired) electrons. The van der Waals surface area contributed by atoms with E-state index in [2.05, 4.69) is 18.7 Å². The fraction of sp³-hybridized carbons (Fsp3) is 1.00. The molecule has 4 saturated carbocycles. The molecule has 5 aliphatic rings. The number of rotatable bonds is 1. The Morgan fingerprint density at radius 2 is 1.38 bits per heavy atom. The SMILES string of the molecule is CC(C)N1CC2(C1)C1CC3CC(C1)CC2C3. The number of likely N-dealkylation sites (tertiary alicyclic amines) is 1. The lowest BCUT2D eigenvalue weighted by Gasteiger charge is -2.68. The van der Waals surface area contributed by atoms with Crippen molar-refractivity contribution >= 4 is 0 Å². The molecular weight excluding hydrogens is 194 g/mol. The van der Waals surface area contributed by atoms with Crippen molar-refractivity contribution < 1.29 is 0 Å². The zero-order chi connectivity index (χ0) is 10.9. The van der Waals surface area contributed by atoms with Crippen LogP contribution in [0.25, 0.3) is 0 Å². The molecule has 1 nitrogen and oxygen atoms in total. The van der Waals surface area contributed by atoms with Gasteiger partial charge in [-0.3, -0.25) is 4.90 Å². The van der Waals surface area contributed by atoms with E-state index in [0.717, 1.165) is 35.1 Å². The van der Waals surface area contributed by atoms with Crippen molar-refractivity contribution in [1.29, 1.82) is 0 Å². The van der Waals surface area contributed by atoms with Crippen LogP contribution in [0.5, 0.6) is 0 Å². The quantitative estimate of drug-likeness (QED) is 0.655. The van der Waals surface area contributed by atoms with Gasteiger partial charge >= 0.3 is 0 Å². The summed E-state index contributed by atoms with van der Waals surface area (Å²) >= 11 is 0. The lowest BCUT2D eigenvalue weighted by Crippen LogP contribution is -2.69. The van der Waals surface area contributed by atoms with Crippen LogP contribution in [0.15, 0.2) is 0 Å². The summed E-state index contributed by atoms with van der Waals surface area (Å²) in [5, 5.41) is 0. The van der Waals surface area contributed by atoms with Crippen LogP contribution in [0.2, 0.25) is 0 Å². The predicted molar refractivity (Wildman–Crippen MR) is 66.2 cm³/mol. The van der Waals surface area contributed by atoms with Crippen LogP contribution in [0.4, 0.5) is 0 Å². The summed E-state index contributed by atoms with van der Waals surface area (Å²) in [6.45, 7) is 7.62. The molecule has 0 aromatic rings. The van der Waals surface area contributed by atoms with Crippen molar-refractivity contribution in [2.45, 2.75) is 52.0 Å². The Kier molecular flexibility index (Phi) is 1.89. The average molecular weight is 219 g/mol. The van der Waals surface area contributed by atoms with Gasteiger partial charge in [-0.2, -0.15) is 0 Å². The van der Waals surface area contributed by atoms with E-state index in [0.29, 0.717) is 0 Å². The Hall–Kier alpha value is -0.0400. The molecule has 90 valence electrons. The molecule has 0 unspecified atom stereocenters. The van der Waals surface area contributed by atoms with E-state index in [9.17, 15) is 0 Å². The first-order chi connectivity index (χ1) is 7.67. The molecule has 0 atom stereocenters. The fourth-order valence-electron chi connectivity index (χ4n) is 5.71. The van der Waals surface area contributed by atoms with Gasteiger partial charge in [0, 0.05) is 24.5 Å². The molecule has 1 spiro atoms. The summed E-state index contributed by atoms with van der Waals surface area (Å²) in [5.41, 5.74) is 0.803. The van der Waals surface area contributed by atoms with Gasteiger partial charge in [0.2, 0.25) is 0 Å². The topological polar surface area (TPSA) is 3.24 Å². The molecule has 5 fully saturated rings. The van der Waals surface area contributed by atoms with Crippen LogP contribution in [0.1, 0.15) is 46.0 Å². The summed E-state index contributed by atoms with van der Waals surface area (Å²) in [6.07, 6.45) is 7.98. The molecule has 1 saturated heterocycles. The summed E-state index contributed by atoms with van der Waals surface area (Å²) < 4.78 is 0. The lowest BCUT2D eigenvalue weighted by molar-refractivity contribution is -0.190. The molecule has 0 amide bonds. The van der Waals surface area contributed by atoms with Crippen LogP contribution in [0, 0.1) is 29.1 Å². The van der Waals surface area contributed by atoms with Crippen molar-refractivity contribution in [3.63, 3.8) is 0 Å². The monoisotopic (exact) mass is 219 g/mol. The maximum absolute atomic E-state index is 2.71. The minimum Gasteiger partial charge on any atom is -0.300 e. The molecule has 1 aliphatic heterocycles. The average Bonchev–Trinajstić information content (AvgIpc) is 2.12. The Labute approximate surface area is 99.6 Å². The van der Waals surface area contributed by atoms with Gasteiger partial charge in [-0.05, 0) is 69.6 Å². The van der Waals surface area contributed by atoms with Crippen molar-refractivity contribution in [1.82, 2.24) is 4.90 Å². The maximum Gasteiger partial charge on any atom is 0.00585 e. The normalized spacial score (nSPS) is 48.9. The lowest BCUT2D eigenvalue weighted by atomic mass is 9.43. The molecule has 1 heteroatoms. The highest BCUT2D eigenvalue weighted by atomic mass is 15.2. The van der Waals surface area contributed by atoms with Crippen molar-refractivity contribution in [3.8, 4) is 0 Å². The maximum atomic E-state index is 2.71. The van der Waals surface area contributed by atoms with Crippen LogP contribution < -0.4 is 0 Å². The van der Waals surface area contributed by atoms with Gasteiger partial charge in [-0.15, -0.1) is 0 Å².